The predicted octanol–water partition coefficient (Wildman–Crippen LogP) is 2.57. The number of hydrogen-bond donors (Lipinski definition) is 1. The zero-order valence-electron chi connectivity index (χ0n) is 18.0. The van der Waals surface area contributed by atoms with Crippen LogP contribution < -0.4 is 5.56 Å². The van der Waals surface area contributed by atoms with Crippen molar-refractivity contribution in [1.82, 2.24) is 14.5 Å². The summed E-state index contributed by atoms with van der Waals surface area (Å²) < 4.78 is 12.0. The molecule has 0 aliphatic carbocycles. The molecule has 8 nitrogen and oxygen atoms in total. The van der Waals surface area contributed by atoms with Crippen LogP contribution in [0.5, 0.6) is 5.75 Å². The Morgan fingerprint density at radius 2 is 2.06 bits per heavy atom. The summed E-state index contributed by atoms with van der Waals surface area (Å²) in [5.74, 6) is 0.222. The molecule has 31 heavy (non-hydrogen) atoms. The standard InChI is InChI=1S/C23H25N3O5/c1-13(30-4)15-8-20-22-14(9-26(20)23(29)18(15)11-31-12-27)7-16-17(10-25(2)3)21(28)6-5-19(16)24-22/h5-8,12-13,28H,9-11H2,1-4H3. The summed E-state index contributed by atoms with van der Waals surface area (Å²) in [6.45, 7) is 2.99. The molecular weight excluding hydrogens is 398 g/mol. The van der Waals surface area contributed by atoms with Crippen molar-refractivity contribution in [3.05, 3.63) is 56.9 Å². The number of rotatable bonds is 7. The van der Waals surface area contributed by atoms with Gasteiger partial charge in [0.2, 0.25) is 0 Å². The molecule has 1 aromatic carbocycles. The number of benzene rings is 1. The highest BCUT2D eigenvalue weighted by Gasteiger charge is 2.27. The molecule has 1 atom stereocenters. The van der Waals surface area contributed by atoms with Gasteiger partial charge in [0.05, 0.1) is 35.1 Å². The Morgan fingerprint density at radius 3 is 2.74 bits per heavy atom. The predicted molar refractivity (Wildman–Crippen MR) is 116 cm³/mol. The number of carbonyl (C=O) groups excluding carboxylic acids is 1. The summed E-state index contributed by atoms with van der Waals surface area (Å²) in [5, 5.41) is 11.3. The molecule has 3 aromatic rings. The number of phenols is 1. The zero-order chi connectivity index (χ0) is 22.3. The maximum Gasteiger partial charge on any atom is 0.293 e. The minimum atomic E-state index is -0.350. The first-order valence-electron chi connectivity index (χ1n) is 10.00. The first-order chi connectivity index (χ1) is 14.8. The number of methoxy groups -OCH3 is 1. The fraction of sp³-hybridized carbons (Fsp3) is 0.348. The molecule has 3 heterocycles. The van der Waals surface area contributed by atoms with E-state index in [0.29, 0.717) is 36.4 Å². The van der Waals surface area contributed by atoms with Gasteiger partial charge in [0.25, 0.3) is 12.0 Å². The molecule has 162 valence electrons. The fourth-order valence-electron chi connectivity index (χ4n) is 4.14. The van der Waals surface area contributed by atoms with Crippen LogP contribution >= 0.6 is 0 Å². The first-order valence-corrected chi connectivity index (χ1v) is 10.00. The van der Waals surface area contributed by atoms with Gasteiger partial charge < -0.3 is 24.0 Å². The van der Waals surface area contributed by atoms with E-state index in [2.05, 4.69) is 0 Å². The van der Waals surface area contributed by atoms with Crippen LogP contribution in [-0.2, 0) is 34.0 Å². The quantitative estimate of drug-likeness (QED) is 0.457. The van der Waals surface area contributed by atoms with Crippen molar-refractivity contribution in [1.29, 1.82) is 0 Å². The van der Waals surface area contributed by atoms with Crippen molar-refractivity contribution in [2.24, 2.45) is 0 Å². The number of fused-ring (bicyclic) bond motifs is 4. The van der Waals surface area contributed by atoms with Crippen molar-refractivity contribution in [3.8, 4) is 17.1 Å². The van der Waals surface area contributed by atoms with Gasteiger partial charge in [-0.3, -0.25) is 9.59 Å². The lowest BCUT2D eigenvalue weighted by atomic mass is 10.0. The van der Waals surface area contributed by atoms with Gasteiger partial charge in [-0.2, -0.15) is 0 Å². The number of aromatic hydroxyl groups is 1. The number of hydrogen-bond acceptors (Lipinski definition) is 7. The minimum Gasteiger partial charge on any atom is -0.508 e. The van der Waals surface area contributed by atoms with E-state index in [1.165, 1.54) is 0 Å². The van der Waals surface area contributed by atoms with Crippen molar-refractivity contribution < 1.29 is 19.4 Å². The maximum atomic E-state index is 13.3. The number of pyridine rings is 2. The molecule has 2 aromatic heterocycles. The normalized spacial score (nSPS) is 13.3. The molecule has 0 radical (unpaired) electrons. The second kappa shape index (κ2) is 8.13. The lowest BCUT2D eigenvalue weighted by molar-refractivity contribution is -0.129. The Balaban J connectivity index is 1.92. The van der Waals surface area contributed by atoms with Crippen LogP contribution in [0.3, 0.4) is 0 Å². The molecule has 1 aliphatic heterocycles. The molecule has 0 bridgehead atoms. The Morgan fingerprint density at radius 1 is 1.29 bits per heavy atom. The SMILES string of the molecule is COC(C)c1cc2n(c(=O)c1COC=O)Cc1cc3c(CN(C)C)c(O)ccc3nc1-2. The van der Waals surface area contributed by atoms with Crippen LogP contribution in [-0.4, -0.2) is 47.2 Å². The van der Waals surface area contributed by atoms with Crippen LogP contribution in [0.2, 0.25) is 0 Å². The zero-order valence-corrected chi connectivity index (χ0v) is 18.0. The summed E-state index contributed by atoms with van der Waals surface area (Å²) >= 11 is 0. The maximum absolute atomic E-state index is 13.3. The third-order valence-electron chi connectivity index (χ3n) is 5.73. The number of aromatic nitrogens is 2. The van der Waals surface area contributed by atoms with Crippen molar-refractivity contribution in [2.75, 3.05) is 21.2 Å². The average Bonchev–Trinajstić information content (AvgIpc) is 3.11. The number of carbonyl (C=O) groups is 1. The molecular formula is C23H25N3O5. The Labute approximate surface area is 179 Å². The third kappa shape index (κ3) is 3.58. The first kappa shape index (κ1) is 21.0. The van der Waals surface area contributed by atoms with Gasteiger partial charge in [0, 0.05) is 30.2 Å². The van der Waals surface area contributed by atoms with E-state index >= 15 is 0 Å². The van der Waals surface area contributed by atoms with E-state index in [4.69, 9.17) is 14.5 Å². The van der Waals surface area contributed by atoms with Crippen molar-refractivity contribution >= 4 is 17.4 Å². The van der Waals surface area contributed by atoms with Crippen LogP contribution in [0.1, 0.15) is 35.3 Å². The number of nitrogens with zero attached hydrogens (tertiary/aromatic N) is 3. The van der Waals surface area contributed by atoms with Gasteiger partial charge >= 0.3 is 0 Å². The lowest BCUT2D eigenvalue weighted by Gasteiger charge is -2.17. The van der Waals surface area contributed by atoms with Crippen molar-refractivity contribution in [3.63, 3.8) is 0 Å². The van der Waals surface area contributed by atoms with Crippen LogP contribution in [0, 0.1) is 0 Å². The highest BCUT2D eigenvalue weighted by Crippen LogP contribution is 2.36. The molecule has 1 unspecified atom stereocenters. The summed E-state index contributed by atoms with van der Waals surface area (Å²) in [7, 11) is 5.45. The van der Waals surface area contributed by atoms with E-state index < -0.39 is 0 Å². The van der Waals surface area contributed by atoms with E-state index in [1.54, 1.807) is 23.8 Å². The van der Waals surface area contributed by atoms with E-state index in [-0.39, 0.29) is 24.0 Å². The van der Waals surface area contributed by atoms with Crippen LogP contribution in [0.15, 0.2) is 29.1 Å². The summed E-state index contributed by atoms with van der Waals surface area (Å²) in [6.07, 6.45) is -0.350. The third-order valence-corrected chi connectivity index (χ3v) is 5.73. The van der Waals surface area contributed by atoms with E-state index in [9.17, 15) is 14.7 Å². The van der Waals surface area contributed by atoms with E-state index in [1.807, 2.05) is 38.1 Å². The molecule has 8 heteroatoms. The monoisotopic (exact) mass is 423 g/mol. The van der Waals surface area contributed by atoms with Gasteiger partial charge in [-0.05, 0) is 50.8 Å². The van der Waals surface area contributed by atoms with Gasteiger partial charge in [-0.15, -0.1) is 0 Å². The van der Waals surface area contributed by atoms with Crippen molar-refractivity contribution in [2.45, 2.75) is 32.7 Å². The summed E-state index contributed by atoms with van der Waals surface area (Å²) in [6, 6.07) is 7.34. The number of phenolic OH excluding ortho intramolecular Hbond substituents is 1. The summed E-state index contributed by atoms with van der Waals surface area (Å²) in [5.41, 5.74) is 4.74. The summed E-state index contributed by atoms with van der Waals surface area (Å²) in [4.78, 5) is 30.8. The van der Waals surface area contributed by atoms with Crippen LogP contribution in [0.4, 0.5) is 0 Å². The smallest absolute Gasteiger partial charge is 0.293 e. The molecule has 0 saturated heterocycles. The topological polar surface area (TPSA) is 93.9 Å². The molecule has 1 aliphatic rings. The largest absolute Gasteiger partial charge is 0.508 e. The number of ether oxygens (including phenoxy) is 2. The molecule has 0 spiro atoms. The van der Waals surface area contributed by atoms with Gasteiger partial charge in [0.15, 0.2) is 0 Å². The van der Waals surface area contributed by atoms with Gasteiger partial charge in [0.1, 0.15) is 12.4 Å². The lowest BCUT2D eigenvalue weighted by Crippen LogP contribution is -2.26. The Kier molecular flexibility index (Phi) is 5.51. The van der Waals surface area contributed by atoms with E-state index in [0.717, 1.165) is 27.7 Å². The Bertz CT molecular complexity index is 1230. The molecule has 0 saturated carbocycles. The van der Waals surface area contributed by atoms with Gasteiger partial charge in [-0.25, -0.2) is 4.98 Å². The molecule has 0 amide bonds. The van der Waals surface area contributed by atoms with Crippen LogP contribution in [0.25, 0.3) is 22.3 Å². The van der Waals surface area contributed by atoms with Gasteiger partial charge in [-0.1, -0.05) is 0 Å². The highest BCUT2D eigenvalue weighted by atomic mass is 16.5. The Hall–Kier alpha value is -3.23. The fourth-order valence-corrected chi connectivity index (χ4v) is 4.14. The molecule has 0 fully saturated rings. The molecule has 1 N–H and O–H groups in total. The minimum absolute atomic E-state index is 0.113. The second-order valence-electron chi connectivity index (χ2n) is 8.00. The molecule has 4 rings (SSSR count). The highest BCUT2D eigenvalue weighted by molar-refractivity contribution is 5.88. The average molecular weight is 423 g/mol. The second-order valence-corrected chi connectivity index (χ2v) is 8.00.